The van der Waals surface area contributed by atoms with Gasteiger partial charge in [0, 0.05) is 36.3 Å². The first-order valence-corrected chi connectivity index (χ1v) is 10.7. The van der Waals surface area contributed by atoms with Gasteiger partial charge in [0.1, 0.15) is 10.7 Å². The van der Waals surface area contributed by atoms with E-state index in [0.29, 0.717) is 18.7 Å². The van der Waals surface area contributed by atoms with Crippen LogP contribution >= 0.6 is 11.3 Å². The van der Waals surface area contributed by atoms with Crippen LogP contribution in [0.25, 0.3) is 16.3 Å². The lowest BCUT2D eigenvalue weighted by molar-refractivity contribution is -0.114. The van der Waals surface area contributed by atoms with Gasteiger partial charge in [-0.2, -0.15) is 5.10 Å². The molecule has 0 saturated heterocycles. The predicted octanol–water partition coefficient (Wildman–Crippen LogP) is 3.93. The first-order chi connectivity index (χ1) is 15.1. The molecule has 2 amide bonds. The van der Waals surface area contributed by atoms with Gasteiger partial charge in [0.15, 0.2) is 0 Å². The third-order valence-corrected chi connectivity index (χ3v) is 5.45. The van der Waals surface area contributed by atoms with Gasteiger partial charge in [-0.3, -0.25) is 9.59 Å². The molecule has 0 unspecified atom stereocenters. The first kappa shape index (κ1) is 20.5. The lowest BCUT2D eigenvalue weighted by atomic mass is 10.1. The number of anilines is 1. The number of amides is 2. The number of carbonyl (C=O) groups is 2. The van der Waals surface area contributed by atoms with E-state index in [2.05, 4.69) is 20.7 Å². The smallest absolute Gasteiger partial charge is 0.270 e. The zero-order valence-corrected chi connectivity index (χ0v) is 17.7. The maximum absolute atomic E-state index is 12.4. The number of para-hydroxylation sites is 1. The molecule has 2 heterocycles. The molecule has 4 rings (SSSR count). The maximum atomic E-state index is 12.4. The molecule has 31 heavy (non-hydrogen) atoms. The van der Waals surface area contributed by atoms with Gasteiger partial charge in [0.2, 0.25) is 5.91 Å². The molecule has 4 aromatic rings. The van der Waals surface area contributed by atoms with E-state index >= 15 is 0 Å². The summed E-state index contributed by atoms with van der Waals surface area (Å²) in [5.41, 5.74) is 4.06. The number of nitrogens with zero attached hydrogens (tertiary/aromatic N) is 3. The third kappa shape index (κ3) is 5.23. The fourth-order valence-electron chi connectivity index (χ4n) is 3.03. The Bertz CT molecular complexity index is 1180. The highest BCUT2D eigenvalue weighted by Gasteiger charge is 2.13. The molecule has 2 aromatic carbocycles. The number of thiazole rings is 1. The Morgan fingerprint density at radius 3 is 2.58 bits per heavy atom. The second-order valence-corrected chi connectivity index (χ2v) is 7.79. The van der Waals surface area contributed by atoms with E-state index < -0.39 is 0 Å². The summed E-state index contributed by atoms with van der Waals surface area (Å²) in [6.45, 7) is 1.97. The van der Waals surface area contributed by atoms with Crippen molar-refractivity contribution in [2.75, 3.05) is 11.9 Å². The molecule has 0 aliphatic heterocycles. The average molecular weight is 432 g/mol. The third-order valence-electron chi connectivity index (χ3n) is 4.56. The predicted molar refractivity (Wildman–Crippen MR) is 121 cm³/mol. The van der Waals surface area contributed by atoms with Crippen molar-refractivity contribution >= 4 is 28.8 Å². The number of benzene rings is 2. The summed E-state index contributed by atoms with van der Waals surface area (Å²) < 4.78 is 1.79. The van der Waals surface area contributed by atoms with Crippen molar-refractivity contribution in [3.63, 3.8) is 0 Å². The van der Waals surface area contributed by atoms with Crippen LogP contribution in [0.3, 0.4) is 0 Å². The van der Waals surface area contributed by atoms with Gasteiger partial charge in [-0.15, -0.1) is 11.3 Å². The normalized spacial score (nSPS) is 10.6. The van der Waals surface area contributed by atoms with E-state index in [1.165, 1.54) is 18.3 Å². The van der Waals surface area contributed by atoms with Gasteiger partial charge in [-0.05, 0) is 36.2 Å². The molecular weight excluding hydrogens is 410 g/mol. The Labute approximate surface area is 183 Å². The number of hydrogen-bond acceptors (Lipinski definition) is 5. The average Bonchev–Trinajstić information content (AvgIpc) is 3.45. The van der Waals surface area contributed by atoms with Crippen LogP contribution in [-0.4, -0.2) is 33.1 Å². The molecular formula is C23H21N5O2S. The Morgan fingerprint density at radius 2 is 1.84 bits per heavy atom. The largest absolute Gasteiger partial charge is 0.350 e. The van der Waals surface area contributed by atoms with Crippen molar-refractivity contribution < 1.29 is 9.59 Å². The van der Waals surface area contributed by atoms with Crippen LogP contribution in [0, 0.1) is 0 Å². The summed E-state index contributed by atoms with van der Waals surface area (Å²) in [6, 6.07) is 17.4. The molecule has 2 aromatic heterocycles. The number of hydrogen-bond donors (Lipinski definition) is 2. The van der Waals surface area contributed by atoms with Gasteiger partial charge in [-0.25, -0.2) is 9.67 Å². The quantitative estimate of drug-likeness (QED) is 0.464. The van der Waals surface area contributed by atoms with Gasteiger partial charge in [-0.1, -0.05) is 30.3 Å². The highest BCUT2D eigenvalue weighted by atomic mass is 32.1. The van der Waals surface area contributed by atoms with Crippen LogP contribution in [0.5, 0.6) is 0 Å². The Morgan fingerprint density at radius 1 is 1.06 bits per heavy atom. The van der Waals surface area contributed by atoms with E-state index in [0.717, 1.165) is 27.5 Å². The molecule has 0 radical (unpaired) electrons. The summed E-state index contributed by atoms with van der Waals surface area (Å²) in [4.78, 5) is 28.0. The number of rotatable bonds is 7. The Balaban J connectivity index is 1.32. The SMILES string of the molecule is CC(=O)Nc1ccc(CCNC(=O)c2csc(-c3cnn(-c4ccccc4)c3)n2)cc1. The van der Waals surface area contributed by atoms with E-state index in [-0.39, 0.29) is 11.8 Å². The summed E-state index contributed by atoms with van der Waals surface area (Å²) in [5, 5.41) is 12.5. The summed E-state index contributed by atoms with van der Waals surface area (Å²) in [7, 11) is 0. The van der Waals surface area contributed by atoms with E-state index in [9.17, 15) is 9.59 Å². The van der Waals surface area contributed by atoms with Crippen molar-refractivity contribution in [3.05, 3.63) is 83.6 Å². The highest BCUT2D eigenvalue weighted by Crippen LogP contribution is 2.24. The monoisotopic (exact) mass is 431 g/mol. The highest BCUT2D eigenvalue weighted by molar-refractivity contribution is 7.13. The second-order valence-electron chi connectivity index (χ2n) is 6.93. The zero-order chi connectivity index (χ0) is 21.6. The molecule has 156 valence electrons. The molecule has 0 aliphatic rings. The minimum Gasteiger partial charge on any atom is -0.350 e. The number of nitrogens with one attached hydrogen (secondary N) is 2. The zero-order valence-electron chi connectivity index (χ0n) is 16.9. The van der Waals surface area contributed by atoms with E-state index in [1.807, 2.05) is 60.8 Å². The second kappa shape index (κ2) is 9.36. The van der Waals surface area contributed by atoms with Gasteiger partial charge in [0.05, 0.1) is 11.9 Å². The van der Waals surface area contributed by atoms with Crippen molar-refractivity contribution in [1.29, 1.82) is 0 Å². The molecule has 7 nitrogen and oxygen atoms in total. The van der Waals surface area contributed by atoms with E-state index in [1.54, 1.807) is 16.3 Å². The minimum atomic E-state index is -0.201. The fraction of sp³-hybridized carbons (Fsp3) is 0.130. The molecule has 2 N–H and O–H groups in total. The molecule has 0 atom stereocenters. The Hall–Kier alpha value is -3.78. The van der Waals surface area contributed by atoms with Crippen LogP contribution in [0.1, 0.15) is 23.0 Å². The minimum absolute atomic E-state index is 0.102. The Kier molecular flexibility index (Phi) is 6.18. The summed E-state index contributed by atoms with van der Waals surface area (Å²) >= 11 is 1.42. The molecule has 0 saturated carbocycles. The van der Waals surface area contributed by atoms with Gasteiger partial charge >= 0.3 is 0 Å². The van der Waals surface area contributed by atoms with Crippen LogP contribution in [-0.2, 0) is 11.2 Å². The first-order valence-electron chi connectivity index (χ1n) is 9.79. The lowest BCUT2D eigenvalue weighted by Crippen LogP contribution is -2.25. The maximum Gasteiger partial charge on any atom is 0.270 e. The standard InChI is InChI=1S/C23H21N5O2S/c1-16(29)26-19-9-7-17(8-10-19)11-12-24-22(30)21-15-31-23(27-21)18-13-25-28(14-18)20-5-3-2-4-6-20/h2-10,13-15H,11-12H2,1H3,(H,24,30)(H,26,29). The summed E-state index contributed by atoms with van der Waals surface area (Å²) in [5.74, 6) is -0.303. The molecule has 0 spiro atoms. The number of aromatic nitrogens is 3. The molecule has 8 heteroatoms. The van der Waals surface area contributed by atoms with Crippen molar-refractivity contribution in [2.24, 2.45) is 0 Å². The lowest BCUT2D eigenvalue weighted by Gasteiger charge is -2.06. The topological polar surface area (TPSA) is 88.9 Å². The van der Waals surface area contributed by atoms with Crippen LogP contribution < -0.4 is 10.6 Å². The number of carbonyl (C=O) groups excluding carboxylic acids is 2. The van der Waals surface area contributed by atoms with Crippen LogP contribution in [0.4, 0.5) is 5.69 Å². The molecule has 0 bridgehead atoms. The summed E-state index contributed by atoms with van der Waals surface area (Å²) in [6.07, 6.45) is 4.34. The van der Waals surface area contributed by atoms with Crippen LogP contribution in [0.15, 0.2) is 72.4 Å². The van der Waals surface area contributed by atoms with E-state index in [4.69, 9.17) is 0 Å². The molecule has 0 aliphatic carbocycles. The van der Waals surface area contributed by atoms with Crippen LogP contribution in [0.2, 0.25) is 0 Å². The fourth-order valence-corrected chi connectivity index (χ4v) is 3.81. The van der Waals surface area contributed by atoms with Crippen molar-refractivity contribution in [2.45, 2.75) is 13.3 Å². The van der Waals surface area contributed by atoms with Crippen molar-refractivity contribution in [3.8, 4) is 16.3 Å². The van der Waals surface area contributed by atoms with Gasteiger partial charge in [0.25, 0.3) is 5.91 Å². The molecule has 0 fully saturated rings. The van der Waals surface area contributed by atoms with Gasteiger partial charge < -0.3 is 10.6 Å². The van der Waals surface area contributed by atoms with Crippen molar-refractivity contribution in [1.82, 2.24) is 20.1 Å².